The number of aromatic nitrogens is 1. The summed E-state index contributed by atoms with van der Waals surface area (Å²) >= 11 is 0. The minimum Gasteiger partial charge on any atom is -0.469 e. The van der Waals surface area contributed by atoms with E-state index >= 15 is 0 Å². The van der Waals surface area contributed by atoms with Crippen LogP contribution in [0.15, 0.2) is 41.0 Å². The Morgan fingerprint density at radius 1 is 1.17 bits per heavy atom. The number of nitrogens with zero attached hydrogens (tertiary/aromatic N) is 1. The number of nitriles is 1. The summed E-state index contributed by atoms with van der Waals surface area (Å²) in [4.78, 5) is 28.5. The number of Topliss-reactive ketones (excluding diaryl/α,β-unsaturated/α-hetero) is 2. The van der Waals surface area contributed by atoms with Crippen LogP contribution in [0, 0.1) is 31.1 Å². The number of hydrogen-bond acceptors (Lipinski definition) is 4. The van der Waals surface area contributed by atoms with E-state index in [1.807, 2.05) is 24.3 Å². The highest BCUT2D eigenvalue weighted by Crippen LogP contribution is 2.26. The van der Waals surface area contributed by atoms with Crippen molar-refractivity contribution in [2.75, 3.05) is 0 Å². The van der Waals surface area contributed by atoms with Crippen LogP contribution in [0.3, 0.4) is 0 Å². The maximum atomic E-state index is 12.8. The van der Waals surface area contributed by atoms with Gasteiger partial charge in [0, 0.05) is 22.2 Å². The lowest BCUT2D eigenvalue weighted by atomic mass is 9.90. The number of hydrogen-bond donors (Lipinski definition) is 1. The fourth-order valence-corrected chi connectivity index (χ4v) is 2.77. The first-order valence-corrected chi connectivity index (χ1v) is 7.14. The molecule has 5 nitrogen and oxygen atoms in total. The number of aryl methyl sites for hydroxylation is 2. The van der Waals surface area contributed by atoms with Gasteiger partial charge in [-0.25, -0.2) is 0 Å². The van der Waals surface area contributed by atoms with Crippen molar-refractivity contribution in [1.29, 1.82) is 5.26 Å². The number of furan rings is 1. The molecule has 0 spiro atoms. The molecule has 0 saturated carbocycles. The number of fused-ring (bicyclic) bond motifs is 1. The Morgan fingerprint density at radius 3 is 2.57 bits per heavy atom. The molecule has 1 unspecified atom stereocenters. The molecule has 1 aromatic carbocycles. The fraction of sp³-hybridized carbons (Fsp3) is 0.167. The van der Waals surface area contributed by atoms with Gasteiger partial charge in [-0.3, -0.25) is 9.59 Å². The molecule has 0 amide bonds. The normalized spacial score (nSPS) is 12.0. The van der Waals surface area contributed by atoms with Gasteiger partial charge in [-0.1, -0.05) is 18.2 Å². The zero-order chi connectivity index (χ0) is 16.6. The standard InChI is InChI=1S/C18H14N2O3/c1-10-16(13-5-3-4-6-15(13)20-10)18(22)14(9-19)17(21)12-7-8-23-11(12)2/h3-8,14,20H,1-2H3. The van der Waals surface area contributed by atoms with Crippen molar-refractivity contribution in [3.05, 3.63) is 59.2 Å². The van der Waals surface area contributed by atoms with Crippen LogP contribution in [0.4, 0.5) is 0 Å². The number of nitrogens with one attached hydrogen (secondary N) is 1. The third-order valence-corrected chi connectivity index (χ3v) is 3.92. The Labute approximate surface area is 132 Å². The predicted molar refractivity (Wildman–Crippen MR) is 84.2 cm³/mol. The topological polar surface area (TPSA) is 86.9 Å². The SMILES string of the molecule is Cc1[nH]c2ccccc2c1C(=O)C(C#N)C(=O)c1ccoc1C. The molecule has 0 aliphatic carbocycles. The van der Waals surface area contributed by atoms with Gasteiger partial charge < -0.3 is 9.40 Å². The number of aromatic amines is 1. The molecular weight excluding hydrogens is 292 g/mol. The monoisotopic (exact) mass is 306 g/mol. The first-order valence-electron chi connectivity index (χ1n) is 7.14. The minimum atomic E-state index is -1.38. The maximum absolute atomic E-state index is 12.8. The lowest BCUT2D eigenvalue weighted by molar-refractivity contribution is 0.0846. The summed E-state index contributed by atoms with van der Waals surface area (Å²) in [6, 6.07) is 10.6. The molecule has 0 saturated heterocycles. The number of carbonyl (C=O) groups is 2. The summed E-state index contributed by atoms with van der Waals surface area (Å²) in [7, 11) is 0. The van der Waals surface area contributed by atoms with Gasteiger partial charge in [0.15, 0.2) is 17.5 Å². The molecule has 3 rings (SSSR count). The molecule has 3 aromatic rings. The minimum absolute atomic E-state index is 0.266. The van der Waals surface area contributed by atoms with E-state index in [0.717, 1.165) is 5.52 Å². The Bertz CT molecular complexity index is 956. The van der Waals surface area contributed by atoms with Crippen molar-refractivity contribution in [1.82, 2.24) is 4.98 Å². The van der Waals surface area contributed by atoms with Gasteiger partial charge in [0.05, 0.1) is 17.9 Å². The van der Waals surface area contributed by atoms with Crippen LogP contribution in [0.25, 0.3) is 10.9 Å². The molecule has 2 aromatic heterocycles. The van der Waals surface area contributed by atoms with Crippen LogP contribution in [0.5, 0.6) is 0 Å². The van der Waals surface area contributed by atoms with Crippen molar-refractivity contribution in [3.63, 3.8) is 0 Å². The molecule has 5 heteroatoms. The average molecular weight is 306 g/mol. The number of ketones is 2. The van der Waals surface area contributed by atoms with E-state index in [1.54, 1.807) is 19.9 Å². The Morgan fingerprint density at radius 2 is 1.91 bits per heavy atom. The number of carbonyl (C=O) groups excluding carboxylic acids is 2. The lowest BCUT2D eigenvalue weighted by Gasteiger charge is -2.07. The van der Waals surface area contributed by atoms with Gasteiger partial charge in [-0.05, 0) is 26.0 Å². The molecule has 1 N–H and O–H groups in total. The molecule has 23 heavy (non-hydrogen) atoms. The van der Waals surface area contributed by atoms with E-state index in [2.05, 4.69) is 4.98 Å². The zero-order valence-electron chi connectivity index (χ0n) is 12.7. The number of H-pyrrole nitrogens is 1. The largest absolute Gasteiger partial charge is 0.469 e. The summed E-state index contributed by atoms with van der Waals surface area (Å²) in [6.45, 7) is 3.39. The van der Waals surface area contributed by atoms with Crippen LogP contribution >= 0.6 is 0 Å². The molecule has 1 atom stereocenters. The van der Waals surface area contributed by atoms with Gasteiger partial charge in [-0.2, -0.15) is 5.26 Å². The molecule has 0 radical (unpaired) electrons. The van der Waals surface area contributed by atoms with Crippen molar-refractivity contribution >= 4 is 22.5 Å². The first kappa shape index (κ1) is 14.8. The van der Waals surface area contributed by atoms with E-state index in [0.29, 0.717) is 22.4 Å². The molecule has 0 aliphatic heterocycles. The van der Waals surface area contributed by atoms with Gasteiger partial charge in [0.25, 0.3) is 0 Å². The average Bonchev–Trinajstić information content (AvgIpc) is 3.09. The van der Waals surface area contributed by atoms with Gasteiger partial charge in [0.1, 0.15) is 5.76 Å². The lowest BCUT2D eigenvalue weighted by Crippen LogP contribution is -2.23. The van der Waals surface area contributed by atoms with Crippen LogP contribution < -0.4 is 0 Å². The molecule has 0 bridgehead atoms. The highest BCUT2D eigenvalue weighted by atomic mass is 16.3. The van der Waals surface area contributed by atoms with Crippen LogP contribution in [0.2, 0.25) is 0 Å². The first-order chi connectivity index (χ1) is 11.0. The van der Waals surface area contributed by atoms with Gasteiger partial charge in [-0.15, -0.1) is 0 Å². The number of para-hydroxylation sites is 1. The second kappa shape index (κ2) is 5.58. The maximum Gasteiger partial charge on any atom is 0.191 e. The summed E-state index contributed by atoms with van der Waals surface area (Å²) in [5.41, 5.74) is 2.11. The van der Waals surface area contributed by atoms with E-state index < -0.39 is 17.5 Å². The number of benzene rings is 1. The quantitative estimate of drug-likeness (QED) is 0.589. The van der Waals surface area contributed by atoms with Gasteiger partial charge in [0.2, 0.25) is 0 Å². The van der Waals surface area contributed by atoms with E-state index in [4.69, 9.17) is 4.42 Å². The molecular formula is C18H14N2O3. The van der Waals surface area contributed by atoms with Crippen LogP contribution in [-0.2, 0) is 0 Å². The van der Waals surface area contributed by atoms with Crippen molar-refractivity contribution in [3.8, 4) is 6.07 Å². The van der Waals surface area contributed by atoms with E-state index in [9.17, 15) is 14.9 Å². The molecule has 0 fully saturated rings. The van der Waals surface area contributed by atoms with Crippen molar-refractivity contribution < 1.29 is 14.0 Å². The summed E-state index contributed by atoms with van der Waals surface area (Å²) in [5.74, 6) is -2.01. The Kier molecular flexibility index (Phi) is 3.59. The van der Waals surface area contributed by atoms with Crippen molar-refractivity contribution in [2.45, 2.75) is 13.8 Å². The zero-order valence-corrected chi connectivity index (χ0v) is 12.7. The third kappa shape index (κ3) is 2.34. The van der Waals surface area contributed by atoms with Crippen LogP contribution in [-0.4, -0.2) is 16.6 Å². The summed E-state index contributed by atoms with van der Waals surface area (Å²) in [5, 5.41) is 10.1. The smallest absolute Gasteiger partial charge is 0.191 e. The predicted octanol–water partition coefficient (Wildman–Crippen LogP) is 3.58. The fourth-order valence-electron chi connectivity index (χ4n) is 2.77. The van der Waals surface area contributed by atoms with E-state index in [-0.39, 0.29) is 5.56 Å². The summed E-state index contributed by atoms with van der Waals surface area (Å²) < 4.78 is 5.10. The second-order valence-electron chi connectivity index (χ2n) is 5.35. The highest BCUT2D eigenvalue weighted by Gasteiger charge is 2.32. The Hall–Kier alpha value is -3.13. The van der Waals surface area contributed by atoms with Gasteiger partial charge >= 0.3 is 0 Å². The molecule has 0 aliphatic rings. The number of rotatable bonds is 4. The second-order valence-corrected chi connectivity index (χ2v) is 5.35. The third-order valence-electron chi connectivity index (χ3n) is 3.92. The molecule has 114 valence electrons. The highest BCUT2D eigenvalue weighted by molar-refractivity contribution is 6.22. The Balaban J connectivity index is 2.07. The van der Waals surface area contributed by atoms with E-state index in [1.165, 1.54) is 12.3 Å². The molecule has 2 heterocycles. The summed E-state index contributed by atoms with van der Waals surface area (Å²) in [6.07, 6.45) is 1.37. The van der Waals surface area contributed by atoms with Crippen molar-refractivity contribution in [2.24, 2.45) is 5.92 Å². The van der Waals surface area contributed by atoms with Crippen LogP contribution in [0.1, 0.15) is 32.2 Å².